The number of quaternary nitrogens is 1. The van der Waals surface area contributed by atoms with Crippen molar-refractivity contribution in [2.24, 2.45) is 11.5 Å². The van der Waals surface area contributed by atoms with E-state index in [2.05, 4.69) is 0 Å². The maximum Gasteiger partial charge on any atom is 0.320 e. The fourth-order valence-corrected chi connectivity index (χ4v) is 0.849. The molecule has 0 aliphatic heterocycles. The number of rotatable bonds is 6. The number of nitrogens with zero attached hydrogens (tertiary/aromatic N) is 1. The third kappa shape index (κ3) is 17.4. The van der Waals surface area contributed by atoms with Crippen LogP contribution in [0.25, 0.3) is 0 Å². The van der Waals surface area contributed by atoms with Gasteiger partial charge >= 0.3 is 5.97 Å². The summed E-state index contributed by atoms with van der Waals surface area (Å²) in [5, 5.41) is 18.1. The molecule has 0 radical (unpaired) electrons. The van der Waals surface area contributed by atoms with Crippen molar-refractivity contribution >= 4 is 11.9 Å². The zero-order valence-electron chi connectivity index (χ0n) is 10.7. The van der Waals surface area contributed by atoms with Crippen LogP contribution in [-0.4, -0.2) is 61.8 Å². The third-order valence-electron chi connectivity index (χ3n) is 1.64. The Hall–Kier alpha value is -1.18. The van der Waals surface area contributed by atoms with Crippen LogP contribution < -0.4 is 16.6 Å². The third-order valence-corrected chi connectivity index (χ3v) is 1.64. The second-order valence-corrected chi connectivity index (χ2v) is 4.70. The zero-order chi connectivity index (χ0) is 14.1. The number of likely N-dealkylation sites (N-methyl/N-ethyl adjacent to an activating group) is 1. The van der Waals surface area contributed by atoms with Gasteiger partial charge in [-0.15, -0.1) is 0 Å². The largest absolute Gasteiger partial charge is 0.544 e. The Labute approximate surface area is 102 Å². The monoisotopic (exact) mass is 249 g/mol. The van der Waals surface area contributed by atoms with Gasteiger partial charge in [0.05, 0.1) is 27.1 Å². The van der Waals surface area contributed by atoms with Gasteiger partial charge in [-0.05, 0) is 19.4 Å². The fourth-order valence-electron chi connectivity index (χ4n) is 0.849. The van der Waals surface area contributed by atoms with Gasteiger partial charge in [-0.2, -0.15) is 0 Å². The van der Waals surface area contributed by atoms with E-state index in [1.54, 1.807) is 21.1 Å². The number of carbonyl (C=O) groups is 2. The Bertz CT molecular complexity index is 238. The first-order valence-corrected chi connectivity index (χ1v) is 5.29. The summed E-state index contributed by atoms with van der Waals surface area (Å²) in [6.45, 7) is 0.570. The van der Waals surface area contributed by atoms with Gasteiger partial charge in [0.1, 0.15) is 12.6 Å². The molecule has 0 fully saturated rings. The van der Waals surface area contributed by atoms with Gasteiger partial charge in [-0.25, -0.2) is 0 Å². The number of nitrogens with two attached hydrogens (primary N) is 2. The summed E-state index contributed by atoms with van der Waals surface area (Å²) >= 11 is 0. The summed E-state index contributed by atoms with van der Waals surface area (Å²) in [5.41, 5.74) is 10.3. The lowest BCUT2D eigenvalue weighted by Gasteiger charge is -2.23. The standard InChI is InChI=1S/C5H12N2O2.C5H11NO2/c6-3-1-2-4(7)5(8)9;1-6(2,3)4-5(7)8/h4H,1-3,6-7H2,(H,8,9);4H2,1-3H3/t4-;/m0./s1. The quantitative estimate of drug-likeness (QED) is 0.449. The minimum Gasteiger partial charge on any atom is -0.544 e. The molecule has 7 heteroatoms. The maximum atomic E-state index is 10.0. The summed E-state index contributed by atoms with van der Waals surface area (Å²) in [5.74, 6) is -1.96. The molecule has 0 saturated carbocycles. The smallest absolute Gasteiger partial charge is 0.320 e. The van der Waals surface area contributed by atoms with Gasteiger partial charge in [-0.3, -0.25) is 4.79 Å². The van der Waals surface area contributed by atoms with Gasteiger partial charge in [0.25, 0.3) is 0 Å². The molecule has 0 bridgehead atoms. The molecule has 0 aliphatic carbocycles. The van der Waals surface area contributed by atoms with Crippen LogP contribution >= 0.6 is 0 Å². The SMILES string of the molecule is C[N+](C)(C)CC(=O)[O-].NCCC[C@H](N)C(=O)O. The minimum absolute atomic E-state index is 0.0694. The molecule has 0 unspecified atom stereocenters. The highest BCUT2D eigenvalue weighted by atomic mass is 16.4. The lowest BCUT2D eigenvalue weighted by atomic mass is 10.2. The second-order valence-electron chi connectivity index (χ2n) is 4.70. The van der Waals surface area contributed by atoms with E-state index in [9.17, 15) is 14.7 Å². The van der Waals surface area contributed by atoms with Gasteiger partial charge < -0.3 is 31.0 Å². The van der Waals surface area contributed by atoms with E-state index in [1.807, 2.05) is 0 Å². The highest BCUT2D eigenvalue weighted by Gasteiger charge is 2.08. The van der Waals surface area contributed by atoms with E-state index < -0.39 is 18.0 Å². The van der Waals surface area contributed by atoms with E-state index >= 15 is 0 Å². The molecule has 5 N–H and O–H groups in total. The van der Waals surface area contributed by atoms with Gasteiger partial charge in [-0.1, -0.05) is 0 Å². The lowest BCUT2D eigenvalue weighted by Crippen LogP contribution is -2.45. The summed E-state index contributed by atoms with van der Waals surface area (Å²) in [7, 11) is 5.40. The van der Waals surface area contributed by atoms with Gasteiger partial charge in [0, 0.05) is 0 Å². The van der Waals surface area contributed by atoms with Crippen molar-refractivity contribution in [1.29, 1.82) is 0 Å². The number of hydrogen-bond donors (Lipinski definition) is 3. The highest BCUT2D eigenvalue weighted by molar-refractivity contribution is 5.72. The minimum atomic E-state index is -1.00. The number of carboxylic acid groups (broad SMARTS) is 2. The number of aliphatic carboxylic acids is 2. The van der Waals surface area contributed by atoms with Crippen molar-refractivity contribution in [3.63, 3.8) is 0 Å². The molecule has 0 aliphatic rings. The van der Waals surface area contributed by atoms with Crippen LogP contribution in [0.3, 0.4) is 0 Å². The molecule has 7 nitrogen and oxygen atoms in total. The Balaban J connectivity index is 0. The average Bonchev–Trinajstić information content (AvgIpc) is 2.10. The molecule has 0 aromatic heterocycles. The maximum absolute atomic E-state index is 10.0. The Kier molecular flexibility index (Phi) is 9.54. The molecule has 1 atom stereocenters. The molecular formula is C10H23N3O4. The molecule has 17 heavy (non-hydrogen) atoms. The molecule has 0 spiro atoms. The first-order valence-electron chi connectivity index (χ1n) is 5.29. The molecule has 0 aromatic rings. The van der Waals surface area contributed by atoms with Crippen LogP contribution in [0.4, 0.5) is 0 Å². The van der Waals surface area contributed by atoms with Crippen LogP contribution in [0.1, 0.15) is 12.8 Å². The predicted molar refractivity (Wildman–Crippen MR) is 61.8 cm³/mol. The molecule has 0 saturated heterocycles. The van der Waals surface area contributed by atoms with Gasteiger partial charge in [0.2, 0.25) is 0 Å². The van der Waals surface area contributed by atoms with E-state index in [0.717, 1.165) is 0 Å². The van der Waals surface area contributed by atoms with Crippen molar-refractivity contribution < 1.29 is 24.3 Å². The molecule has 0 amide bonds. The molecule has 0 rings (SSSR count). The molecule has 102 valence electrons. The first kappa shape index (κ1) is 18.2. The van der Waals surface area contributed by atoms with E-state index in [-0.39, 0.29) is 6.54 Å². The first-order chi connectivity index (χ1) is 7.60. The average molecular weight is 249 g/mol. The van der Waals surface area contributed by atoms with E-state index in [1.165, 1.54) is 0 Å². The van der Waals surface area contributed by atoms with Crippen molar-refractivity contribution in [2.45, 2.75) is 18.9 Å². The van der Waals surface area contributed by atoms with Crippen LogP contribution in [0.2, 0.25) is 0 Å². The zero-order valence-corrected chi connectivity index (χ0v) is 10.7. The normalized spacial score (nSPS) is 12.3. The van der Waals surface area contributed by atoms with E-state index in [0.29, 0.717) is 23.9 Å². The summed E-state index contributed by atoms with van der Waals surface area (Å²) in [6, 6.07) is -0.742. The molecule has 0 heterocycles. The lowest BCUT2D eigenvalue weighted by molar-refractivity contribution is -0.864. The van der Waals surface area contributed by atoms with Crippen molar-refractivity contribution in [3.05, 3.63) is 0 Å². The van der Waals surface area contributed by atoms with Crippen LogP contribution in [-0.2, 0) is 9.59 Å². The van der Waals surface area contributed by atoms with Crippen LogP contribution in [0, 0.1) is 0 Å². The van der Waals surface area contributed by atoms with Crippen LogP contribution in [0.15, 0.2) is 0 Å². The Morgan fingerprint density at radius 3 is 2.00 bits per heavy atom. The van der Waals surface area contributed by atoms with Crippen molar-refractivity contribution in [2.75, 3.05) is 34.2 Å². The molecule has 0 aromatic carbocycles. The van der Waals surface area contributed by atoms with Gasteiger partial charge in [0.15, 0.2) is 0 Å². The number of carbonyl (C=O) groups excluding carboxylic acids is 1. The topological polar surface area (TPSA) is 129 Å². The Morgan fingerprint density at radius 1 is 1.35 bits per heavy atom. The summed E-state index contributed by atoms with van der Waals surface area (Å²) in [6.07, 6.45) is 1.14. The molecular weight excluding hydrogens is 226 g/mol. The summed E-state index contributed by atoms with van der Waals surface area (Å²) in [4.78, 5) is 19.9. The summed E-state index contributed by atoms with van der Waals surface area (Å²) < 4.78 is 0.419. The van der Waals surface area contributed by atoms with Crippen molar-refractivity contribution in [3.8, 4) is 0 Å². The van der Waals surface area contributed by atoms with E-state index in [4.69, 9.17) is 16.6 Å². The van der Waals surface area contributed by atoms with Crippen LogP contribution in [0.5, 0.6) is 0 Å². The fraction of sp³-hybridized carbons (Fsp3) is 0.800. The second kappa shape index (κ2) is 8.91. The van der Waals surface area contributed by atoms with Crippen molar-refractivity contribution in [1.82, 2.24) is 0 Å². The number of hydrogen-bond acceptors (Lipinski definition) is 5. The number of carboxylic acids is 2. The Morgan fingerprint density at radius 2 is 1.82 bits per heavy atom. The predicted octanol–water partition coefficient (Wildman–Crippen LogP) is -2.42. The highest BCUT2D eigenvalue weighted by Crippen LogP contribution is 1.91.